The Balaban J connectivity index is 2.20. The highest BCUT2D eigenvalue weighted by molar-refractivity contribution is 5.43. The Morgan fingerprint density at radius 3 is 2.84 bits per heavy atom. The monoisotopic (exact) mass is 261 g/mol. The van der Waals surface area contributed by atoms with Gasteiger partial charge in [-0.3, -0.25) is 0 Å². The zero-order chi connectivity index (χ0) is 13.7. The fraction of sp³-hybridized carbons (Fsp3) is 0.167. The predicted octanol–water partition coefficient (Wildman–Crippen LogP) is 1.28. The first kappa shape index (κ1) is 13.1. The van der Waals surface area contributed by atoms with Gasteiger partial charge in [-0.2, -0.15) is 9.97 Å². The number of ether oxygens (including phenoxy) is 2. The summed E-state index contributed by atoms with van der Waals surface area (Å²) in [6.07, 6.45) is 0. The zero-order valence-corrected chi connectivity index (χ0v) is 10.5. The van der Waals surface area contributed by atoms with Crippen LogP contribution in [0.3, 0.4) is 0 Å². The molecule has 1 aromatic heterocycles. The molecular weight excluding hydrogens is 246 g/mol. The minimum Gasteiger partial charge on any atom is -0.439 e. The summed E-state index contributed by atoms with van der Waals surface area (Å²) in [7, 11) is 1.64. The first-order valence-electron chi connectivity index (χ1n) is 5.58. The molecule has 0 atom stereocenters. The van der Waals surface area contributed by atoms with E-state index in [0.717, 1.165) is 5.56 Å². The highest BCUT2D eigenvalue weighted by atomic mass is 16.5. The minimum atomic E-state index is 0.0819. The van der Waals surface area contributed by atoms with E-state index in [1.54, 1.807) is 13.2 Å². The van der Waals surface area contributed by atoms with Crippen molar-refractivity contribution in [1.29, 1.82) is 0 Å². The lowest BCUT2D eigenvalue weighted by atomic mass is 10.2. The third-order valence-electron chi connectivity index (χ3n) is 2.30. The van der Waals surface area contributed by atoms with Gasteiger partial charge in [-0.25, -0.2) is 5.84 Å². The Morgan fingerprint density at radius 1 is 1.26 bits per heavy atom. The Bertz CT molecular complexity index is 562. The molecule has 0 amide bonds. The lowest BCUT2D eigenvalue weighted by Crippen LogP contribution is -2.10. The van der Waals surface area contributed by atoms with E-state index in [1.807, 2.05) is 24.3 Å². The van der Waals surface area contributed by atoms with Gasteiger partial charge in [-0.15, -0.1) is 0 Å². The fourth-order valence-electron chi connectivity index (χ4n) is 1.56. The third-order valence-corrected chi connectivity index (χ3v) is 2.30. The molecule has 100 valence electrons. The number of anilines is 2. The summed E-state index contributed by atoms with van der Waals surface area (Å²) >= 11 is 0. The normalized spacial score (nSPS) is 10.2. The minimum absolute atomic E-state index is 0.0819. The molecule has 2 aromatic rings. The number of hydrogen-bond acceptors (Lipinski definition) is 7. The van der Waals surface area contributed by atoms with Gasteiger partial charge < -0.3 is 20.6 Å². The average Bonchev–Trinajstić information content (AvgIpc) is 2.39. The van der Waals surface area contributed by atoms with Crippen LogP contribution in [0.2, 0.25) is 0 Å². The molecule has 0 saturated heterocycles. The van der Waals surface area contributed by atoms with Crippen molar-refractivity contribution in [3.8, 4) is 11.6 Å². The van der Waals surface area contributed by atoms with Crippen LogP contribution in [-0.4, -0.2) is 17.1 Å². The topological polar surface area (TPSA) is 108 Å². The van der Waals surface area contributed by atoms with Gasteiger partial charge in [0.15, 0.2) is 0 Å². The van der Waals surface area contributed by atoms with Crippen molar-refractivity contribution < 1.29 is 9.47 Å². The van der Waals surface area contributed by atoms with E-state index < -0.39 is 0 Å². The van der Waals surface area contributed by atoms with Crippen molar-refractivity contribution in [2.75, 3.05) is 18.3 Å². The molecule has 0 bridgehead atoms. The number of aromatic nitrogens is 2. The van der Waals surface area contributed by atoms with Gasteiger partial charge >= 0.3 is 0 Å². The lowest BCUT2D eigenvalue weighted by Gasteiger charge is -2.08. The molecular formula is C12H15N5O2. The summed E-state index contributed by atoms with van der Waals surface area (Å²) in [6, 6.07) is 9.04. The van der Waals surface area contributed by atoms with Crippen molar-refractivity contribution in [2.45, 2.75) is 6.61 Å². The van der Waals surface area contributed by atoms with Crippen molar-refractivity contribution in [2.24, 2.45) is 5.84 Å². The second kappa shape index (κ2) is 5.98. The summed E-state index contributed by atoms with van der Waals surface area (Å²) in [5, 5.41) is 0. The Morgan fingerprint density at radius 2 is 2.11 bits per heavy atom. The van der Waals surface area contributed by atoms with Crippen LogP contribution in [0.15, 0.2) is 30.3 Å². The molecule has 0 fully saturated rings. The molecule has 0 aliphatic heterocycles. The number of nitrogen functional groups attached to an aromatic ring is 2. The number of hydrazine groups is 1. The number of hydrogen-bond donors (Lipinski definition) is 3. The number of benzene rings is 1. The summed E-state index contributed by atoms with van der Waals surface area (Å²) in [6.45, 7) is 0.513. The van der Waals surface area contributed by atoms with Crippen LogP contribution in [0.1, 0.15) is 5.56 Å². The second-order valence-corrected chi connectivity index (χ2v) is 3.78. The smallest absolute Gasteiger partial charge is 0.226 e. The van der Waals surface area contributed by atoms with Crippen LogP contribution in [0, 0.1) is 0 Å². The van der Waals surface area contributed by atoms with Crippen LogP contribution in [-0.2, 0) is 11.3 Å². The molecule has 0 unspecified atom stereocenters. The maximum absolute atomic E-state index is 5.61. The molecule has 19 heavy (non-hydrogen) atoms. The molecule has 1 aromatic carbocycles. The van der Waals surface area contributed by atoms with Crippen molar-refractivity contribution in [3.05, 3.63) is 35.9 Å². The SMILES string of the molecule is COCc1cccc(Oc2cc(NN)nc(N)n2)c1. The van der Waals surface area contributed by atoms with Crippen molar-refractivity contribution in [3.63, 3.8) is 0 Å². The standard InChI is InChI=1S/C12H15N5O2/c1-18-7-8-3-2-4-9(5-8)19-11-6-10(17-14)15-12(13)16-11/h2-6H,7,14H2,1H3,(H3,13,15,16,17). The maximum Gasteiger partial charge on any atom is 0.226 e. The molecule has 0 aliphatic carbocycles. The zero-order valence-electron chi connectivity index (χ0n) is 10.5. The van der Waals surface area contributed by atoms with E-state index in [4.69, 9.17) is 21.1 Å². The first-order valence-corrected chi connectivity index (χ1v) is 5.58. The largest absolute Gasteiger partial charge is 0.439 e. The average molecular weight is 261 g/mol. The van der Waals surface area contributed by atoms with Crippen LogP contribution in [0.4, 0.5) is 11.8 Å². The van der Waals surface area contributed by atoms with Crippen molar-refractivity contribution in [1.82, 2.24) is 9.97 Å². The van der Waals surface area contributed by atoms with Crippen LogP contribution in [0.5, 0.6) is 11.6 Å². The molecule has 0 radical (unpaired) electrons. The van der Waals surface area contributed by atoms with Crippen LogP contribution < -0.4 is 21.7 Å². The number of nitrogens with two attached hydrogens (primary N) is 2. The fourth-order valence-corrected chi connectivity index (χ4v) is 1.56. The van der Waals surface area contributed by atoms with Crippen LogP contribution >= 0.6 is 0 Å². The number of nitrogens with one attached hydrogen (secondary N) is 1. The van der Waals surface area contributed by atoms with Gasteiger partial charge in [0.2, 0.25) is 11.8 Å². The highest BCUT2D eigenvalue weighted by Crippen LogP contribution is 2.23. The molecule has 1 heterocycles. The van der Waals surface area contributed by atoms with Crippen LogP contribution in [0.25, 0.3) is 0 Å². The Kier molecular flexibility index (Phi) is 4.11. The molecule has 0 saturated carbocycles. The van der Waals surface area contributed by atoms with Gasteiger partial charge in [0.25, 0.3) is 0 Å². The molecule has 7 heteroatoms. The van der Waals surface area contributed by atoms with Gasteiger partial charge in [0.1, 0.15) is 11.6 Å². The predicted molar refractivity (Wildman–Crippen MR) is 71.5 cm³/mol. The molecule has 0 aliphatic rings. The molecule has 7 nitrogen and oxygen atoms in total. The number of nitrogens with zero attached hydrogens (tertiary/aromatic N) is 2. The third kappa shape index (κ3) is 3.54. The first-order chi connectivity index (χ1) is 9.21. The van der Waals surface area contributed by atoms with Gasteiger partial charge in [-0.1, -0.05) is 12.1 Å². The van der Waals surface area contributed by atoms with E-state index in [9.17, 15) is 0 Å². The van der Waals surface area contributed by atoms with E-state index in [1.165, 1.54) is 0 Å². The molecule has 5 N–H and O–H groups in total. The number of methoxy groups -OCH3 is 1. The summed E-state index contributed by atoms with van der Waals surface area (Å²) in [5.41, 5.74) is 8.94. The Labute approximate surface area is 110 Å². The number of rotatable bonds is 5. The highest BCUT2D eigenvalue weighted by Gasteiger charge is 2.04. The van der Waals surface area contributed by atoms with E-state index in [2.05, 4.69) is 15.4 Å². The van der Waals surface area contributed by atoms with Crippen molar-refractivity contribution >= 4 is 11.8 Å². The summed E-state index contributed by atoms with van der Waals surface area (Å²) in [5.74, 6) is 6.69. The maximum atomic E-state index is 5.61. The summed E-state index contributed by atoms with van der Waals surface area (Å²) < 4.78 is 10.7. The van der Waals surface area contributed by atoms with E-state index in [0.29, 0.717) is 24.1 Å². The quantitative estimate of drug-likeness (QED) is 0.549. The molecule has 2 rings (SSSR count). The van der Waals surface area contributed by atoms with Gasteiger partial charge in [0.05, 0.1) is 6.61 Å². The molecule has 0 spiro atoms. The van der Waals surface area contributed by atoms with Gasteiger partial charge in [0, 0.05) is 13.2 Å². The van der Waals surface area contributed by atoms with E-state index >= 15 is 0 Å². The lowest BCUT2D eigenvalue weighted by molar-refractivity contribution is 0.184. The second-order valence-electron chi connectivity index (χ2n) is 3.78. The van der Waals surface area contributed by atoms with Gasteiger partial charge in [-0.05, 0) is 17.7 Å². The Hall–Kier alpha value is -2.38. The van der Waals surface area contributed by atoms with E-state index in [-0.39, 0.29) is 5.95 Å². The summed E-state index contributed by atoms with van der Waals surface area (Å²) in [4.78, 5) is 7.84.